The summed E-state index contributed by atoms with van der Waals surface area (Å²) in [5.41, 5.74) is 0.761. The van der Waals surface area contributed by atoms with E-state index < -0.39 is 0 Å². The van der Waals surface area contributed by atoms with E-state index >= 15 is 0 Å². The molecular formula is C13H15ClFN. The molecule has 0 saturated heterocycles. The van der Waals surface area contributed by atoms with Gasteiger partial charge in [-0.2, -0.15) is 0 Å². The first-order valence-corrected chi connectivity index (χ1v) is 5.66. The van der Waals surface area contributed by atoms with Gasteiger partial charge in [-0.15, -0.1) is 12.3 Å². The maximum Gasteiger partial charge on any atom is 0.123 e. The minimum Gasteiger partial charge on any atom is -0.309 e. The maximum absolute atomic E-state index is 13.0. The van der Waals surface area contributed by atoms with Gasteiger partial charge in [0.1, 0.15) is 5.82 Å². The van der Waals surface area contributed by atoms with E-state index in [1.54, 1.807) is 6.07 Å². The molecule has 0 amide bonds. The molecule has 0 aliphatic carbocycles. The van der Waals surface area contributed by atoms with Crippen molar-refractivity contribution in [3.8, 4) is 12.3 Å². The Morgan fingerprint density at radius 2 is 2.31 bits per heavy atom. The Labute approximate surface area is 101 Å². The van der Waals surface area contributed by atoms with E-state index in [0.29, 0.717) is 18.0 Å². The molecule has 1 N–H and O–H groups in total. The Morgan fingerprint density at radius 1 is 1.56 bits per heavy atom. The zero-order chi connectivity index (χ0) is 12.0. The van der Waals surface area contributed by atoms with Crippen molar-refractivity contribution in [2.24, 2.45) is 0 Å². The van der Waals surface area contributed by atoms with Crippen molar-refractivity contribution >= 4 is 11.6 Å². The third kappa shape index (κ3) is 3.84. The van der Waals surface area contributed by atoms with Crippen LogP contribution < -0.4 is 5.32 Å². The number of rotatable bonds is 5. The Balaban J connectivity index is 2.60. The van der Waals surface area contributed by atoms with Crippen LogP contribution in [0, 0.1) is 18.2 Å². The van der Waals surface area contributed by atoms with Gasteiger partial charge in [0.05, 0.1) is 0 Å². The van der Waals surface area contributed by atoms with Gasteiger partial charge in [0.25, 0.3) is 0 Å². The molecule has 86 valence electrons. The van der Waals surface area contributed by atoms with Gasteiger partial charge in [-0.05, 0) is 30.2 Å². The first kappa shape index (κ1) is 13.0. The minimum absolute atomic E-state index is 0.254. The van der Waals surface area contributed by atoms with Crippen molar-refractivity contribution in [3.63, 3.8) is 0 Å². The fourth-order valence-corrected chi connectivity index (χ4v) is 1.62. The predicted octanol–water partition coefficient (Wildman–Crippen LogP) is 3.37. The van der Waals surface area contributed by atoms with Crippen LogP contribution in [0.4, 0.5) is 4.39 Å². The van der Waals surface area contributed by atoms with Gasteiger partial charge in [0, 0.05) is 24.0 Å². The maximum atomic E-state index is 13.0. The lowest BCUT2D eigenvalue weighted by Crippen LogP contribution is -2.27. The Morgan fingerprint density at radius 3 is 2.94 bits per heavy atom. The average molecular weight is 240 g/mol. The third-order valence-corrected chi connectivity index (χ3v) is 2.81. The summed E-state index contributed by atoms with van der Waals surface area (Å²) in [5, 5.41) is 3.83. The van der Waals surface area contributed by atoms with Crippen LogP contribution >= 0.6 is 11.6 Å². The first-order chi connectivity index (χ1) is 7.67. The molecule has 1 atom stereocenters. The van der Waals surface area contributed by atoms with Crippen molar-refractivity contribution in [1.82, 2.24) is 5.32 Å². The second-order valence-electron chi connectivity index (χ2n) is 3.63. The Hall–Kier alpha value is -1.04. The Kier molecular flexibility index (Phi) is 5.31. The summed E-state index contributed by atoms with van der Waals surface area (Å²) in [5.74, 6) is 2.34. The van der Waals surface area contributed by atoms with Crippen LogP contribution in [-0.2, 0) is 6.54 Å². The molecule has 16 heavy (non-hydrogen) atoms. The molecule has 0 aliphatic rings. The summed E-state index contributed by atoms with van der Waals surface area (Å²) in [6, 6.07) is 4.61. The van der Waals surface area contributed by atoms with E-state index in [-0.39, 0.29) is 11.9 Å². The summed E-state index contributed by atoms with van der Waals surface area (Å²) in [6.45, 7) is 2.60. The lowest BCUT2D eigenvalue weighted by molar-refractivity contribution is 0.505. The number of hydrogen-bond acceptors (Lipinski definition) is 1. The van der Waals surface area contributed by atoms with E-state index in [2.05, 4.69) is 18.2 Å². The second kappa shape index (κ2) is 6.52. The van der Waals surface area contributed by atoms with E-state index in [1.165, 1.54) is 12.1 Å². The molecular weight excluding hydrogens is 225 g/mol. The van der Waals surface area contributed by atoms with Gasteiger partial charge in [-0.25, -0.2) is 4.39 Å². The van der Waals surface area contributed by atoms with Gasteiger partial charge >= 0.3 is 0 Å². The van der Waals surface area contributed by atoms with Crippen LogP contribution in [0.15, 0.2) is 18.2 Å². The molecule has 0 bridgehead atoms. The van der Waals surface area contributed by atoms with E-state index in [1.807, 2.05) is 0 Å². The minimum atomic E-state index is -0.272. The van der Waals surface area contributed by atoms with Crippen LogP contribution in [0.5, 0.6) is 0 Å². The lowest BCUT2D eigenvalue weighted by atomic mass is 10.1. The molecule has 0 heterocycles. The normalized spacial score (nSPS) is 12.1. The molecule has 0 aliphatic heterocycles. The Bertz CT molecular complexity index is 384. The highest BCUT2D eigenvalue weighted by Gasteiger charge is 2.06. The average Bonchev–Trinajstić information content (AvgIpc) is 2.28. The van der Waals surface area contributed by atoms with Crippen molar-refractivity contribution in [2.45, 2.75) is 32.4 Å². The SMILES string of the molecule is C#CCC(CC)NCc1cc(F)ccc1Cl. The first-order valence-electron chi connectivity index (χ1n) is 5.28. The summed E-state index contributed by atoms with van der Waals surface area (Å²) in [6.07, 6.45) is 6.86. The molecule has 1 nitrogen and oxygen atoms in total. The van der Waals surface area contributed by atoms with Crippen molar-refractivity contribution in [3.05, 3.63) is 34.6 Å². The monoisotopic (exact) mass is 239 g/mol. The molecule has 0 aromatic heterocycles. The van der Waals surface area contributed by atoms with Gasteiger partial charge in [-0.3, -0.25) is 0 Å². The van der Waals surface area contributed by atoms with Crippen LogP contribution in [0.2, 0.25) is 5.02 Å². The lowest BCUT2D eigenvalue weighted by Gasteiger charge is -2.14. The number of terminal acetylenes is 1. The van der Waals surface area contributed by atoms with Crippen LogP contribution in [0.1, 0.15) is 25.3 Å². The van der Waals surface area contributed by atoms with Crippen LogP contribution in [0.3, 0.4) is 0 Å². The van der Waals surface area contributed by atoms with Crippen molar-refractivity contribution < 1.29 is 4.39 Å². The molecule has 1 aromatic carbocycles. The van der Waals surface area contributed by atoms with Gasteiger partial charge in [-0.1, -0.05) is 18.5 Å². The zero-order valence-corrected chi connectivity index (χ0v) is 10.0. The highest BCUT2D eigenvalue weighted by atomic mass is 35.5. The standard InChI is InChI=1S/C13H15ClFN/c1-3-5-12(4-2)16-9-10-8-11(15)6-7-13(10)14/h1,6-8,12,16H,4-5,9H2,2H3. The van der Waals surface area contributed by atoms with Gasteiger partial charge in [0.15, 0.2) is 0 Å². The molecule has 0 saturated carbocycles. The molecule has 3 heteroatoms. The van der Waals surface area contributed by atoms with Crippen LogP contribution in [-0.4, -0.2) is 6.04 Å². The third-order valence-electron chi connectivity index (χ3n) is 2.45. The molecule has 0 spiro atoms. The molecule has 1 rings (SSSR count). The summed E-state index contributed by atoms with van der Waals surface area (Å²) >= 11 is 5.95. The van der Waals surface area contributed by atoms with Crippen LogP contribution in [0.25, 0.3) is 0 Å². The fourth-order valence-electron chi connectivity index (χ4n) is 1.44. The topological polar surface area (TPSA) is 12.0 Å². The summed E-state index contributed by atoms with van der Waals surface area (Å²) in [4.78, 5) is 0. The van der Waals surface area contributed by atoms with Gasteiger partial charge in [0.2, 0.25) is 0 Å². The summed E-state index contributed by atoms with van der Waals surface area (Å²) in [7, 11) is 0. The largest absolute Gasteiger partial charge is 0.309 e. The number of hydrogen-bond donors (Lipinski definition) is 1. The molecule has 1 aromatic rings. The van der Waals surface area contributed by atoms with Gasteiger partial charge < -0.3 is 5.32 Å². The van der Waals surface area contributed by atoms with E-state index in [0.717, 1.165) is 12.0 Å². The van der Waals surface area contributed by atoms with E-state index in [9.17, 15) is 4.39 Å². The summed E-state index contributed by atoms with van der Waals surface area (Å²) < 4.78 is 13.0. The zero-order valence-electron chi connectivity index (χ0n) is 9.26. The van der Waals surface area contributed by atoms with Crippen molar-refractivity contribution in [1.29, 1.82) is 0 Å². The molecule has 0 fully saturated rings. The quantitative estimate of drug-likeness (QED) is 0.777. The van der Waals surface area contributed by atoms with Crippen molar-refractivity contribution in [2.75, 3.05) is 0 Å². The highest BCUT2D eigenvalue weighted by molar-refractivity contribution is 6.31. The second-order valence-corrected chi connectivity index (χ2v) is 4.04. The highest BCUT2D eigenvalue weighted by Crippen LogP contribution is 2.17. The number of nitrogens with one attached hydrogen (secondary N) is 1. The molecule has 0 radical (unpaired) electrons. The number of benzene rings is 1. The smallest absolute Gasteiger partial charge is 0.123 e. The predicted molar refractivity (Wildman–Crippen MR) is 65.8 cm³/mol. The van der Waals surface area contributed by atoms with E-state index in [4.69, 9.17) is 18.0 Å². The number of halogens is 2. The fraction of sp³-hybridized carbons (Fsp3) is 0.385. The molecule has 1 unspecified atom stereocenters.